The van der Waals surface area contributed by atoms with Crippen molar-refractivity contribution < 1.29 is 22.7 Å². The number of aromatic amines is 1. The first-order valence-corrected chi connectivity index (χ1v) is 6.04. The Balaban J connectivity index is 1.75. The molecule has 0 aliphatic carbocycles. The van der Waals surface area contributed by atoms with Gasteiger partial charge in [-0.1, -0.05) is 0 Å². The summed E-state index contributed by atoms with van der Waals surface area (Å²) < 4.78 is 42.1. The van der Waals surface area contributed by atoms with Crippen molar-refractivity contribution in [3.8, 4) is 5.88 Å². The van der Waals surface area contributed by atoms with Crippen LogP contribution in [0.5, 0.6) is 5.88 Å². The summed E-state index contributed by atoms with van der Waals surface area (Å²) >= 11 is 0. The van der Waals surface area contributed by atoms with Crippen LogP contribution in [0.4, 0.5) is 13.2 Å². The van der Waals surface area contributed by atoms with Gasteiger partial charge in [0.1, 0.15) is 12.3 Å². The van der Waals surface area contributed by atoms with Gasteiger partial charge in [0.15, 0.2) is 0 Å². The molecule has 0 unspecified atom stereocenters. The molecule has 0 spiro atoms. The standard InChI is InChI=1S/C13H12F3N3O2/c14-13(15,16)9-3-4-11(19-8-9)21-7-6-18-12(20)10-2-1-5-17-10/h1-5,8,17H,6-7H2,(H,18,20). The SMILES string of the molecule is O=C(NCCOc1ccc(C(F)(F)F)cn1)c1ccc[nH]1. The molecule has 0 atom stereocenters. The van der Waals surface area contributed by atoms with Gasteiger partial charge >= 0.3 is 6.18 Å². The molecule has 2 aromatic heterocycles. The number of pyridine rings is 1. The number of hydrogen-bond donors (Lipinski definition) is 2. The molecule has 2 heterocycles. The predicted molar refractivity (Wildman–Crippen MR) is 67.9 cm³/mol. The van der Waals surface area contributed by atoms with E-state index >= 15 is 0 Å². The van der Waals surface area contributed by atoms with E-state index in [1.165, 1.54) is 0 Å². The Bertz CT molecular complexity index is 580. The third kappa shape index (κ3) is 4.23. The van der Waals surface area contributed by atoms with E-state index in [2.05, 4.69) is 15.3 Å². The van der Waals surface area contributed by atoms with Gasteiger partial charge in [0.25, 0.3) is 5.91 Å². The average Bonchev–Trinajstić information content (AvgIpc) is 2.97. The third-order valence-corrected chi connectivity index (χ3v) is 2.54. The fourth-order valence-electron chi connectivity index (χ4n) is 1.52. The summed E-state index contributed by atoms with van der Waals surface area (Å²) in [6.07, 6.45) is -2.10. The van der Waals surface area contributed by atoms with Crippen molar-refractivity contribution in [3.63, 3.8) is 0 Å². The van der Waals surface area contributed by atoms with E-state index in [9.17, 15) is 18.0 Å². The Hall–Kier alpha value is -2.51. The largest absolute Gasteiger partial charge is 0.476 e. The first-order chi connectivity index (χ1) is 9.97. The number of rotatable bonds is 5. The van der Waals surface area contributed by atoms with Gasteiger partial charge in [-0.05, 0) is 18.2 Å². The van der Waals surface area contributed by atoms with Crippen molar-refractivity contribution in [3.05, 3.63) is 47.9 Å². The van der Waals surface area contributed by atoms with Crippen LogP contribution in [0.15, 0.2) is 36.7 Å². The van der Waals surface area contributed by atoms with Crippen LogP contribution in [-0.2, 0) is 6.18 Å². The van der Waals surface area contributed by atoms with Gasteiger partial charge in [-0.25, -0.2) is 4.98 Å². The molecule has 0 radical (unpaired) electrons. The Morgan fingerprint density at radius 1 is 1.33 bits per heavy atom. The molecule has 0 fully saturated rings. The molecule has 8 heteroatoms. The maximum atomic E-state index is 12.3. The zero-order valence-corrected chi connectivity index (χ0v) is 10.8. The van der Waals surface area contributed by atoms with Crippen molar-refractivity contribution in [1.82, 2.24) is 15.3 Å². The zero-order chi connectivity index (χ0) is 15.3. The van der Waals surface area contributed by atoms with Gasteiger partial charge in [-0.15, -0.1) is 0 Å². The Labute approximate surface area is 118 Å². The van der Waals surface area contributed by atoms with Gasteiger partial charge in [-0.2, -0.15) is 13.2 Å². The monoisotopic (exact) mass is 299 g/mol. The predicted octanol–water partition coefficient (Wildman–Crippen LogP) is 2.24. The second-order valence-corrected chi connectivity index (χ2v) is 4.07. The molecule has 0 saturated heterocycles. The molecule has 0 aliphatic heterocycles. The topological polar surface area (TPSA) is 67.0 Å². The number of nitrogens with one attached hydrogen (secondary N) is 2. The molecule has 2 N–H and O–H groups in total. The number of ether oxygens (including phenoxy) is 1. The summed E-state index contributed by atoms with van der Waals surface area (Å²) in [5.74, 6) is -0.221. The minimum atomic E-state index is -4.42. The number of amides is 1. The fourth-order valence-corrected chi connectivity index (χ4v) is 1.52. The van der Waals surface area contributed by atoms with Gasteiger partial charge < -0.3 is 15.0 Å². The smallest absolute Gasteiger partial charge is 0.417 e. The fraction of sp³-hybridized carbons (Fsp3) is 0.231. The van der Waals surface area contributed by atoms with E-state index in [4.69, 9.17) is 4.74 Å². The highest BCUT2D eigenvalue weighted by Gasteiger charge is 2.30. The summed E-state index contributed by atoms with van der Waals surface area (Å²) in [5.41, 5.74) is -0.419. The van der Waals surface area contributed by atoms with Gasteiger partial charge in [0.2, 0.25) is 5.88 Å². The van der Waals surface area contributed by atoms with Crippen LogP contribution in [0.3, 0.4) is 0 Å². The van der Waals surface area contributed by atoms with Crippen LogP contribution in [0.25, 0.3) is 0 Å². The lowest BCUT2D eigenvalue weighted by atomic mass is 10.3. The lowest BCUT2D eigenvalue weighted by Crippen LogP contribution is -2.28. The number of carbonyl (C=O) groups excluding carboxylic acids is 1. The first-order valence-electron chi connectivity index (χ1n) is 6.04. The summed E-state index contributed by atoms with van der Waals surface area (Å²) in [6, 6.07) is 5.33. The van der Waals surface area contributed by atoms with Crippen LogP contribution < -0.4 is 10.1 Å². The van der Waals surface area contributed by atoms with Crippen LogP contribution in [0.2, 0.25) is 0 Å². The molecule has 0 saturated carbocycles. The van der Waals surface area contributed by atoms with E-state index in [1.807, 2.05) is 0 Å². The van der Waals surface area contributed by atoms with Crippen molar-refractivity contribution >= 4 is 5.91 Å². The maximum Gasteiger partial charge on any atom is 0.417 e. The second kappa shape index (κ2) is 6.29. The van der Waals surface area contributed by atoms with Crippen LogP contribution in [0.1, 0.15) is 16.1 Å². The number of hydrogen-bond acceptors (Lipinski definition) is 3. The number of carbonyl (C=O) groups is 1. The Morgan fingerprint density at radius 3 is 2.71 bits per heavy atom. The number of nitrogens with zero attached hydrogens (tertiary/aromatic N) is 1. The van der Waals surface area contributed by atoms with Crippen molar-refractivity contribution in [2.24, 2.45) is 0 Å². The van der Waals surface area contributed by atoms with Crippen molar-refractivity contribution in [1.29, 1.82) is 0 Å². The van der Waals surface area contributed by atoms with Crippen molar-refractivity contribution in [2.75, 3.05) is 13.2 Å². The highest BCUT2D eigenvalue weighted by Crippen LogP contribution is 2.29. The molecule has 2 aromatic rings. The molecule has 0 aliphatic rings. The highest BCUT2D eigenvalue weighted by atomic mass is 19.4. The lowest BCUT2D eigenvalue weighted by Gasteiger charge is -2.08. The number of alkyl halides is 3. The molecule has 0 aromatic carbocycles. The molecule has 2 rings (SSSR count). The summed E-state index contributed by atoms with van der Waals surface area (Å²) in [6.45, 7) is 0.311. The molecule has 112 valence electrons. The summed E-state index contributed by atoms with van der Waals surface area (Å²) in [5, 5.41) is 2.59. The van der Waals surface area contributed by atoms with Gasteiger partial charge in [-0.3, -0.25) is 4.79 Å². The van der Waals surface area contributed by atoms with E-state index in [0.29, 0.717) is 11.9 Å². The Kier molecular flexibility index (Phi) is 4.46. The van der Waals surface area contributed by atoms with Crippen LogP contribution in [0, 0.1) is 0 Å². The minimum Gasteiger partial charge on any atom is -0.476 e. The molecule has 5 nitrogen and oxygen atoms in total. The number of aromatic nitrogens is 2. The summed E-state index contributed by atoms with van der Waals surface area (Å²) in [4.78, 5) is 17.8. The van der Waals surface area contributed by atoms with E-state index in [0.717, 1.165) is 12.1 Å². The minimum absolute atomic E-state index is 0.0668. The Morgan fingerprint density at radius 2 is 2.14 bits per heavy atom. The van der Waals surface area contributed by atoms with Crippen LogP contribution in [-0.4, -0.2) is 29.0 Å². The lowest BCUT2D eigenvalue weighted by molar-refractivity contribution is -0.137. The quantitative estimate of drug-likeness (QED) is 0.832. The first kappa shape index (κ1) is 14.9. The summed E-state index contributed by atoms with van der Waals surface area (Å²) in [7, 11) is 0. The second-order valence-electron chi connectivity index (χ2n) is 4.07. The van der Waals surface area contributed by atoms with Crippen molar-refractivity contribution in [2.45, 2.75) is 6.18 Å². The van der Waals surface area contributed by atoms with Gasteiger partial charge in [0, 0.05) is 18.5 Å². The maximum absolute atomic E-state index is 12.3. The van der Waals surface area contributed by atoms with E-state index in [-0.39, 0.29) is 24.9 Å². The molecular weight excluding hydrogens is 287 g/mol. The molecular formula is C13H12F3N3O2. The third-order valence-electron chi connectivity index (χ3n) is 2.54. The molecule has 0 bridgehead atoms. The van der Waals surface area contributed by atoms with Gasteiger partial charge in [0.05, 0.1) is 12.1 Å². The number of halogens is 3. The zero-order valence-electron chi connectivity index (χ0n) is 10.8. The molecule has 1 amide bonds. The average molecular weight is 299 g/mol. The van der Waals surface area contributed by atoms with Crippen LogP contribution >= 0.6 is 0 Å². The normalized spacial score (nSPS) is 11.2. The highest BCUT2D eigenvalue weighted by molar-refractivity contribution is 5.92. The molecule has 21 heavy (non-hydrogen) atoms. The van der Waals surface area contributed by atoms with E-state index in [1.54, 1.807) is 18.3 Å². The number of H-pyrrole nitrogens is 1. The van der Waals surface area contributed by atoms with E-state index < -0.39 is 11.7 Å².